The number of hydrogen-bond donors (Lipinski definition) is 1. The Labute approximate surface area is 105 Å². The number of hydrogen-bond acceptors (Lipinski definition) is 3. The summed E-state index contributed by atoms with van der Waals surface area (Å²) in [6.45, 7) is 8.98. The van der Waals surface area contributed by atoms with Gasteiger partial charge in [-0.2, -0.15) is 0 Å². The van der Waals surface area contributed by atoms with E-state index in [0.29, 0.717) is 18.4 Å². The number of nitrogens with zero attached hydrogens (tertiary/aromatic N) is 2. The minimum Gasteiger partial charge on any atom is -0.340 e. The number of likely N-dealkylation sites (N-methyl/N-ethyl adjacent to an activating group) is 1. The van der Waals surface area contributed by atoms with Crippen molar-refractivity contribution in [1.82, 2.24) is 9.80 Å². The molecule has 2 atom stereocenters. The van der Waals surface area contributed by atoms with E-state index < -0.39 is 0 Å². The van der Waals surface area contributed by atoms with Crippen molar-refractivity contribution in [3.05, 3.63) is 0 Å². The van der Waals surface area contributed by atoms with Gasteiger partial charge in [0.2, 0.25) is 5.91 Å². The maximum Gasteiger partial charge on any atom is 0.224 e. The summed E-state index contributed by atoms with van der Waals surface area (Å²) in [7, 11) is 2.13. The van der Waals surface area contributed by atoms with E-state index in [1.165, 1.54) is 0 Å². The molecule has 0 radical (unpaired) electrons. The highest BCUT2D eigenvalue weighted by Gasteiger charge is 2.27. The van der Waals surface area contributed by atoms with Gasteiger partial charge in [0, 0.05) is 38.1 Å². The Morgan fingerprint density at radius 2 is 2.06 bits per heavy atom. The SMILES string of the molecule is CCC1CN(C(=O)CC(N)C(C)C)CCN1C. The first-order chi connectivity index (χ1) is 7.95. The first kappa shape index (κ1) is 14.5. The van der Waals surface area contributed by atoms with Gasteiger partial charge in [-0.3, -0.25) is 9.69 Å². The lowest BCUT2D eigenvalue weighted by Gasteiger charge is -2.39. The Morgan fingerprint density at radius 3 is 2.59 bits per heavy atom. The molecule has 1 saturated heterocycles. The van der Waals surface area contributed by atoms with Crippen molar-refractivity contribution in [3.63, 3.8) is 0 Å². The predicted molar refractivity (Wildman–Crippen MR) is 70.7 cm³/mol. The average molecular weight is 241 g/mol. The Hall–Kier alpha value is -0.610. The first-order valence-corrected chi connectivity index (χ1v) is 6.69. The molecule has 4 heteroatoms. The highest BCUT2D eigenvalue weighted by Crippen LogP contribution is 2.13. The third-order valence-corrected chi connectivity index (χ3v) is 3.87. The molecule has 0 aliphatic carbocycles. The van der Waals surface area contributed by atoms with Crippen molar-refractivity contribution in [3.8, 4) is 0 Å². The molecule has 0 saturated carbocycles. The highest BCUT2D eigenvalue weighted by molar-refractivity contribution is 5.77. The summed E-state index contributed by atoms with van der Waals surface area (Å²) in [5, 5.41) is 0. The van der Waals surface area contributed by atoms with Crippen molar-refractivity contribution in [2.75, 3.05) is 26.7 Å². The molecule has 100 valence electrons. The Morgan fingerprint density at radius 1 is 1.41 bits per heavy atom. The van der Waals surface area contributed by atoms with E-state index in [0.717, 1.165) is 26.1 Å². The van der Waals surface area contributed by atoms with Crippen LogP contribution >= 0.6 is 0 Å². The molecule has 2 unspecified atom stereocenters. The van der Waals surface area contributed by atoms with Crippen molar-refractivity contribution < 1.29 is 4.79 Å². The molecule has 1 amide bonds. The van der Waals surface area contributed by atoms with E-state index in [9.17, 15) is 4.79 Å². The van der Waals surface area contributed by atoms with Crippen LogP contribution in [0, 0.1) is 5.92 Å². The third-order valence-electron chi connectivity index (χ3n) is 3.87. The molecule has 1 heterocycles. The number of carbonyl (C=O) groups is 1. The standard InChI is InChI=1S/C13H27N3O/c1-5-11-9-16(7-6-15(11)4)13(17)8-12(14)10(2)3/h10-12H,5-9,14H2,1-4H3. The number of amides is 1. The summed E-state index contributed by atoms with van der Waals surface area (Å²) in [5.41, 5.74) is 5.96. The minimum absolute atomic E-state index is 0.0118. The van der Waals surface area contributed by atoms with Gasteiger partial charge >= 0.3 is 0 Å². The molecule has 4 nitrogen and oxygen atoms in total. The summed E-state index contributed by atoms with van der Waals surface area (Å²) < 4.78 is 0. The maximum atomic E-state index is 12.1. The number of nitrogens with two attached hydrogens (primary N) is 1. The van der Waals surface area contributed by atoms with E-state index in [2.05, 4.69) is 32.7 Å². The molecular formula is C13H27N3O. The Bertz CT molecular complexity index is 255. The summed E-state index contributed by atoms with van der Waals surface area (Å²) >= 11 is 0. The van der Waals surface area contributed by atoms with E-state index in [4.69, 9.17) is 5.73 Å². The first-order valence-electron chi connectivity index (χ1n) is 6.69. The van der Waals surface area contributed by atoms with E-state index >= 15 is 0 Å². The second-order valence-corrected chi connectivity index (χ2v) is 5.49. The van der Waals surface area contributed by atoms with Crippen LogP contribution in [0.2, 0.25) is 0 Å². The number of carbonyl (C=O) groups excluding carboxylic acids is 1. The average Bonchev–Trinajstić information content (AvgIpc) is 2.29. The van der Waals surface area contributed by atoms with Crippen LogP contribution in [0.5, 0.6) is 0 Å². The third kappa shape index (κ3) is 3.96. The van der Waals surface area contributed by atoms with Crippen molar-refractivity contribution in [2.24, 2.45) is 11.7 Å². The van der Waals surface area contributed by atoms with Crippen LogP contribution < -0.4 is 5.73 Å². The molecule has 17 heavy (non-hydrogen) atoms. The molecule has 1 aliphatic rings. The molecule has 0 spiro atoms. The fourth-order valence-electron chi connectivity index (χ4n) is 2.18. The number of rotatable bonds is 4. The molecule has 2 N–H and O–H groups in total. The second-order valence-electron chi connectivity index (χ2n) is 5.49. The molecular weight excluding hydrogens is 214 g/mol. The largest absolute Gasteiger partial charge is 0.340 e. The molecule has 1 fully saturated rings. The van der Waals surface area contributed by atoms with Crippen LogP contribution in [0.1, 0.15) is 33.6 Å². The smallest absolute Gasteiger partial charge is 0.224 e. The van der Waals surface area contributed by atoms with E-state index in [-0.39, 0.29) is 11.9 Å². The summed E-state index contributed by atoms with van der Waals surface area (Å²) in [6, 6.07) is 0.491. The summed E-state index contributed by atoms with van der Waals surface area (Å²) in [6.07, 6.45) is 1.58. The van der Waals surface area contributed by atoms with E-state index in [1.54, 1.807) is 0 Å². The van der Waals surface area contributed by atoms with Crippen molar-refractivity contribution in [2.45, 2.75) is 45.7 Å². The van der Waals surface area contributed by atoms with Crippen LogP contribution in [0.15, 0.2) is 0 Å². The van der Waals surface area contributed by atoms with Crippen molar-refractivity contribution >= 4 is 5.91 Å². The second kappa shape index (κ2) is 6.36. The molecule has 0 aromatic rings. The lowest BCUT2D eigenvalue weighted by molar-refractivity contribution is -0.134. The van der Waals surface area contributed by atoms with Gasteiger partial charge in [0.15, 0.2) is 0 Å². The molecule has 0 bridgehead atoms. The summed E-state index contributed by atoms with van der Waals surface area (Å²) in [4.78, 5) is 16.4. The van der Waals surface area contributed by atoms with Gasteiger partial charge in [-0.05, 0) is 19.4 Å². The molecule has 1 aliphatic heterocycles. The zero-order valence-corrected chi connectivity index (χ0v) is 11.6. The van der Waals surface area contributed by atoms with Gasteiger partial charge < -0.3 is 10.6 Å². The minimum atomic E-state index is -0.0118. The topological polar surface area (TPSA) is 49.6 Å². The van der Waals surface area contributed by atoms with Crippen molar-refractivity contribution in [1.29, 1.82) is 0 Å². The molecule has 0 aromatic heterocycles. The highest BCUT2D eigenvalue weighted by atomic mass is 16.2. The van der Waals surface area contributed by atoms with Crippen LogP contribution in [-0.2, 0) is 4.79 Å². The predicted octanol–water partition coefficient (Wildman–Crippen LogP) is 0.912. The van der Waals surface area contributed by atoms with Crippen LogP contribution in [-0.4, -0.2) is 54.5 Å². The van der Waals surface area contributed by atoms with Gasteiger partial charge in [-0.15, -0.1) is 0 Å². The summed E-state index contributed by atoms with van der Waals surface area (Å²) in [5.74, 6) is 0.589. The lowest BCUT2D eigenvalue weighted by Crippen LogP contribution is -2.53. The normalized spacial score (nSPS) is 24.1. The maximum absolute atomic E-state index is 12.1. The fourth-order valence-corrected chi connectivity index (χ4v) is 2.18. The zero-order valence-electron chi connectivity index (χ0n) is 11.6. The van der Waals surface area contributed by atoms with Gasteiger partial charge in [0.05, 0.1) is 0 Å². The Balaban J connectivity index is 2.47. The fraction of sp³-hybridized carbons (Fsp3) is 0.923. The van der Waals surface area contributed by atoms with Crippen LogP contribution in [0.4, 0.5) is 0 Å². The lowest BCUT2D eigenvalue weighted by atomic mass is 10.0. The van der Waals surface area contributed by atoms with Gasteiger partial charge in [0.1, 0.15) is 0 Å². The Kier molecular flexibility index (Phi) is 5.40. The van der Waals surface area contributed by atoms with Crippen LogP contribution in [0.3, 0.4) is 0 Å². The quantitative estimate of drug-likeness (QED) is 0.796. The van der Waals surface area contributed by atoms with Crippen LogP contribution in [0.25, 0.3) is 0 Å². The molecule has 0 aromatic carbocycles. The monoisotopic (exact) mass is 241 g/mol. The molecule has 1 rings (SSSR count). The van der Waals surface area contributed by atoms with E-state index in [1.807, 2.05) is 4.90 Å². The van der Waals surface area contributed by atoms with Gasteiger partial charge in [0.25, 0.3) is 0 Å². The number of piperazine rings is 1. The van der Waals surface area contributed by atoms with Gasteiger partial charge in [-0.1, -0.05) is 20.8 Å². The zero-order chi connectivity index (χ0) is 13.0. The van der Waals surface area contributed by atoms with Gasteiger partial charge in [-0.25, -0.2) is 0 Å².